The lowest BCUT2D eigenvalue weighted by Crippen LogP contribution is -1.93. The van der Waals surface area contributed by atoms with Gasteiger partial charge < -0.3 is 0 Å². The van der Waals surface area contributed by atoms with Crippen LogP contribution in [-0.4, -0.2) is 14.4 Å². The topological polar surface area (TPSA) is 30.2 Å². The number of rotatable bonds is 0. The normalized spacial score (nSPS) is 11.5. The Morgan fingerprint density at radius 3 is 2.76 bits per heavy atom. The van der Waals surface area contributed by atoms with Crippen LogP contribution in [-0.2, 0) is 0 Å². The number of fused-ring (bicyclic) bond motifs is 3. The number of hydrogen-bond acceptors (Lipinski definition) is 2. The van der Waals surface area contributed by atoms with Gasteiger partial charge in [-0.15, -0.1) is 0 Å². The Balaban J connectivity index is 2.66. The molecule has 0 aromatic carbocycles. The van der Waals surface area contributed by atoms with Gasteiger partial charge in [-0.3, -0.25) is 4.40 Å². The standard InChI is InChI=1S/C11H6ClF2N3/c1-5-3-2-4-17-8-6(12)9(13)16-10(14)7(8)15-11(5)17/h2-4H,1H3. The second kappa shape index (κ2) is 3.37. The van der Waals surface area contributed by atoms with Gasteiger partial charge in [0.25, 0.3) is 0 Å². The van der Waals surface area contributed by atoms with Crippen LogP contribution in [0.3, 0.4) is 0 Å². The molecule has 0 unspecified atom stereocenters. The lowest BCUT2D eigenvalue weighted by Gasteiger charge is -1.99. The van der Waals surface area contributed by atoms with Gasteiger partial charge in [0.2, 0.25) is 11.9 Å². The molecule has 0 saturated carbocycles. The molecule has 0 N–H and O–H groups in total. The Kier molecular flexibility index (Phi) is 2.06. The molecule has 0 aliphatic carbocycles. The van der Waals surface area contributed by atoms with Crippen LogP contribution in [0.4, 0.5) is 8.78 Å². The van der Waals surface area contributed by atoms with Gasteiger partial charge in [-0.2, -0.15) is 13.8 Å². The second-order valence-electron chi connectivity index (χ2n) is 3.70. The smallest absolute Gasteiger partial charge is 0.243 e. The minimum Gasteiger partial charge on any atom is -0.298 e. The van der Waals surface area contributed by atoms with E-state index in [0.717, 1.165) is 5.56 Å². The first-order chi connectivity index (χ1) is 8.09. The number of aryl methyl sites for hydroxylation is 1. The van der Waals surface area contributed by atoms with E-state index in [9.17, 15) is 8.78 Å². The number of halogens is 3. The first-order valence-corrected chi connectivity index (χ1v) is 5.25. The summed E-state index contributed by atoms with van der Waals surface area (Å²) in [4.78, 5) is 7.18. The monoisotopic (exact) mass is 253 g/mol. The summed E-state index contributed by atoms with van der Waals surface area (Å²) in [6, 6.07) is 3.59. The Morgan fingerprint density at radius 2 is 2.00 bits per heavy atom. The average Bonchev–Trinajstić information content (AvgIpc) is 2.68. The number of hydrogen-bond donors (Lipinski definition) is 0. The van der Waals surface area contributed by atoms with E-state index >= 15 is 0 Å². The molecule has 3 rings (SSSR count). The molecule has 0 saturated heterocycles. The maximum Gasteiger partial charge on any atom is 0.243 e. The summed E-state index contributed by atoms with van der Waals surface area (Å²) in [5.41, 5.74) is 1.57. The van der Waals surface area contributed by atoms with Gasteiger partial charge in [0.05, 0.1) is 0 Å². The van der Waals surface area contributed by atoms with Gasteiger partial charge in [0.15, 0.2) is 0 Å². The Morgan fingerprint density at radius 1 is 1.24 bits per heavy atom. The molecule has 17 heavy (non-hydrogen) atoms. The van der Waals surface area contributed by atoms with Crippen molar-refractivity contribution in [3.63, 3.8) is 0 Å². The molecular formula is C11H6ClF2N3. The zero-order valence-corrected chi connectivity index (χ0v) is 9.46. The molecule has 0 bridgehead atoms. The van der Waals surface area contributed by atoms with Gasteiger partial charge in [-0.25, -0.2) is 4.98 Å². The van der Waals surface area contributed by atoms with Gasteiger partial charge in [-0.1, -0.05) is 17.7 Å². The van der Waals surface area contributed by atoms with Crippen LogP contribution in [0.15, 0.2) is 18.3 Å². The highest BCUT2D eigenvalue weighted by molar-refractivity contribution is 6.35. The molecule has 86 valence electrons. The minimum absolute atomic E-state index is 0.0225. The molecule has 3 aromatic heterocycles. The first kappa shape index (κ1) is 10.4. The summed E-state index contributed by atoms with van der Waals surface area (Å²) < 4.78 is 28.4. The lowest BCUT2D eigenvalue weighted by molar-refractivity contribution is 0.521. The van der Waals surface area contributed by atoms with Crippen molar-refractivity contribution in [2.75, 3.05) is 0 Å². The fourth-order valence-corrected chi connectivity index (χ4v) is 2.07. The minimum atomic E-state index is -1.03. The Hall–Kier alpha value is -1.75. The van der Waals surface area contributed by atoms with E-state index in [4.69, 9.17) is 11.6 Å². The van der Waals surface area contributed by atoms with Crippen LogP contribution in [0.2, 0.25) is 5.02 Å². The summed E-state index contributed by atoms with van der Waals surface area (Å²) in [5, 5.41) is -0.223. The van der Waals surface area contributed by atoms with Crippen molar-refractivity contribution < 1.29 is 8.78 Å². The molecule has 0 atom stereocenters. The molecule has 0 amide bonds. The quantitative estimate of drug-likeness (QED) is 0.576. The predicted molar refractivity (Wildman–Crippen MR) is 60.2 cm³/mol. The molecule has 6 heteroatoms. The Labute approximate surface area is 99.7 Å². The van der Waals surface area contributed by atoms with Crippen molar-refractivity contribution in [3.8, 4) is 0 Å². The molecule has 0 fully saturated rings. The number of aromatic nitrogens is 3. The summed E-state index contributed by atoms with van der Waals surface area (Å²) in [7, 11) is 0. The molecule has 3 nitrogen and oxygen atoms in total. The third-order valence-electron chi connectivity index (χ3n) is 2.63. The van der Waals surface area contributed by atoms with Crippen molar-refractivity contribution in [2.45, 2.75) is 6.92 Å². The zero-order chi connectivity index (χ0) is 12.2. The molecule has 3 heterocycles. The summed E-state index contributed by atoms with van der Waals surface area (Å²) in [6.45, 7) is 1.83. The van der Waals surface area contributed by atoms with E-state index in [1.807, 2.05) is 13.0 Å². The number of imidazole rings is 1. The van der Waals surface area contributed by atoms with Gasteiger partial charge in [0, 0.05) is 6.20 Å². The number of nitrogens with zero attached hydrogens (tertiary/aromatic N) is 3. The van der Waals surface area contributed by atoms with E-state index in [1.165, 1.54) is 0 Å². The van der Waals surface area contributed by atoms with Crippen LogP contribution < -0.4 is 0 Å². The highest BCUT2D eigenvalue weighted by Gasteiger charge is 2.18. The summed E-state index contributed by atoms with van der Waals surface area (Å²) in [5.74, 6) is -1.98. The first-order valence-electron chi connectivity index (χ1n) is 4.87. The van der Waals surface area contributed by atoms with Crippen molar-refractivity contribution in [1.82, 2.24) is 14.4 Å². The second-order valence-corrected chi connectivity index (χ2v) is 4.08. The SMILES string of the molecule is Cc1cccn2c1nc1c(F)nc(F)c(Cl)c12. The van der Waals surface area contributed by atoms with Crippen LogP contribution in [0.5, 0.6) is 0 Å². The van der Waals surface area contributed by atoms with Crippen molar-refractivity contribution in [3.05, 3.63) is 40.8 Å². The molecule has 0 aliphatic rings. The molecule has 3 aromatic rings. The zero-order valence-electron chi connectivity index (χ0n) is 8.71. The summed E-state index contributed by atoms with van der Waals surface area (Å²) in [6.07, 6.45) is 1.66. The maximum atomic E-state index is 13.5. The molecule has 0 aliphatic heterocycles. The van der Waals surface area contributed by atoms with E-state index in [2.05, 4.69) is 9.97 Å². The van der Waals surface area contributed by atoms with Crippen molar-refractivity contribution >= 4 is 28.3 Å². The molecule has 0 spiro atoms. The van der Waals surface area contributed by atoms with Crippen molar-refractivity contribution in [1.29, 1.82) is 0 Å². The van der Waals surface area contributed by atoms with Gasteiger partial charge in [0.1, 0.15) is 21.7 Å². The van der Waals surface area contributed by atoms with E-state index < -0.39 is 11.9 Å². The van der Waals surface area contributed by atoms with Gasteiger partial charge in [-0.05, 0) is 18.6 Å². The predicted octanol–water partition coefficient (Wildman–Crippen LogP) is 3.12. The van der Waals surface area contributed by atoms with Gasteiger partial charge >= 0.3 is 0 Å². The van der Waals surface area contributed by atoms with E-state index in [0.29, 0.717) is 5.65 Å². The average molecular weight is 254 g/mol. The largest absolute Gasteiger partial charge is 0.298 e. The highest BCUT2D eigenvalue weighted by atomic mass is 35.5. The van der Waals surface area contributed by atoms with Crippen LogP contribution >= 0.6 is 11.6 Å². The molecular weight excluding hydrogens is 248 g/mol. The van der Waals surface area contributed by atoms with Crippen LogP contribution in [0.25, 0.3) is 16.7 Å². The third-order valence-corrected chi connectivity index (χ3v) is 2.96. The fraction of sp³-hybridized carbons (Fsp3) is 0.0909. The Bertz CT molecular complexity index is 751. The van der Waals surface area contributed by atoms with E-state index in [-0.39, 0.29) is 16.1 Å². The highest BCUT2D eigenvalue weighted by Crippen LogP contribution is 2.28. The lowest BCUT2D eigenvalue weighted by atomic mass is 10.3. The van der Waals surface area contributed by atoms with Crippen LogP contribution in [0.1, 0.15) is 5.56 Å². The summed E-state index contributed by atoms with van der Waals surface area (Å²) >= 11 is 5.81. The van der Waals surface area contributed by atoms with E-state index in [1.54, 1.807) is 16.7 Å². The maximum absolute atomic E-state index is 13.5. The van der Waals surface area contributed by atoms with Crippen LogP contribution in [0, 0.1) is 18.8 Å². The molecule has 0 radical (unpaired) electrons. The number of pyridine rings is 2. The fourth-order valence-electron chi connectivity index (χ4n) is 1.84. The van der Waals surface area contributed by atoms with Crippen molar-refractivity contribution in [2.24, 2.45) is 0 Å². The third kappa shape index (κ3) is 1.32.